The van der Waals surface area contributed by atoms with Crippen molar-refractivity contribution in [3.8, 4) is 0 Å². The normalized spacial score (nSPS) is 21.6. The predicted octanol–water partition coefficient (Wildman–Crippen LogP) is 2.05. The fraction of sp³-hybridized carbons (Fsp3) is 0.619. The van der Waals surface area contributed by atoms with Crippen LogP contribution in [0.1, 0.15) is 31.2 Å². The van der Waals surface area contributed by atoms with Crippen LogP contribution < -0.4 is 5.32 Å². The molecule has 1 saturated carbocycles. The molecule has 0 atom stereocenters. The lowest BCUT2D eigenvalue weighted by Gasteiger charge is -2.40. The molecule has 28 heavy (non-hydrogen) atoms. The number of carbonyl (C=O) groups excluding carboxylic acids is 2. The van der Waals surface area contributed by atoms with E-state index in [-0.39, 0.29) is 23.7 Å². The third-order valence-electron chi connectivity index (χ3n) is 6.31. The molecule has 3 aliphatic rings. The first kappa shape index (κ1) is 19.2. The number of carbonyl (C=O) groups is 2. The minimum atomic E-state index is -0.288. The molecule has 4 rings (SSSR count). The molecule has 3 fully saturated rings. The Morgan fingerprint density at radius 1 is 0.964 bits per heavy atom. The molecule has 3 amide bonds. The molecule has 0 bridgehead atoms. The highest BCUT2D eigenvalue weighted by molar-refractivity contribution is 5.84. The lowest BCUT2D eigenvalue weighted by Crippen LogP contribution is -2.59. The number of halogens is 1. The summed E-state index contributed by atoms with van der Waals surface area (Å²) < 4.78 is 12.9. The maximum absolute atomic E-state index is 12.9. The summed E-state index contributed by atoms with van der Waals surface area (Å²) in [5, 5.41) is 2.83. The molecule has 152 valence electrons. The van der Waals surface area contributed by atoms with Gasteiger partial charge in [-0.25, -0.2) is 9.18 Å². The van der Waals surface area contributed by atoms with Crippen LogP contribution in [-0.4, -0.2) is 71.9 Å². The molecule has 0 aromatic heterocycles. The Balaban J connectivity index is 1.19. The SMILES string of the molecule is O=C(NCc1ccc(F)cc1)N1CC(C(=O)N2CCCN(C3CCC3)CC2)C1. The molecule has 2 aliphatic heterocycles. The van der Waals surface area contributed by atoms with E-state index in [1.807, 2.05) is 4.90 Å². The monoisotopic (exact) mass is 388 g/mol. The predicted molar refractivity (Wildman–Crippen MR) is 104 cm³/mol. The van der Waals surface area contributed by atoms with Gasteiger partial charge < -0.3 is 15.1 Å². The van der Waals surface area contributed by atoms with Gasteiger partial charge in [-0.15, -0.1) is 0 Å². The van der Waals surface area contributed by atoms with Crippen LogP contribution in [0.15, 0.2) is 24.3 Å². The Morgan fingerprint density at radius 2 is 1.71 bits per heavy atom. The van der Waals surface area contributed by atoms with E-state index in [0.717, 1.165) is 44.2 Å². The summed E-state index contributed by atoms with van der Waals surface area (Å²) in [5.41, 5.74) is 0.850. The summed E-state index contributed by atoms with van der Waals surface area (Å²) in [6, 6.07) is 6.65. The quantitative estimate of drug-likeness (QED) is 0.859. The summed E-state index contributed by atoms with van der Waals surface area (Å²) in [5.74, 6) is -0.173. The summed E-state index contributed by atoms with van der Waals surface area (Å²) in [7, 11) is 0. The molecule has 7 heteroatoms. The van der Waals surface area contributed by atoms with Crippen LogP contribution in [0.4, 0.5) is 9.18 Å². The van der Waals surface area contributed by atoms with Crippen LogP contribution in [0.2, 0.25) is 0 Å². The fourth-order valence-corrected chi connectivity index (χ4v) is 4.23. The average Bonchev–Trinajstić information content (AvgIpc) is 2.84. The number of hydrogen-bond acceptors (Lipinski definition) is 3. The molecule has 2 heterocycles. The van der Waals surface area contributed by atoms with E-state index in [1.54, 1.807) is 17.0 Å². The van der Waals surface area contributed by atoms with Crippen LogP contribution in [0, 0.1) is 11.7 Å². The topological polar surface area (TPSA) is 55.9 Å². The van der Waals surface area contributed by atoms with Gasteiger partial charge in [-0.05, 0) is 37.0 Å². The maximum Gasteiger partial charge on any atom is 0.317 e. The first-order chi connectivity index (χ1) is 13.6. The Bertz CT molecular complexity index is 701. The molecular formula is C21H29FN4O2. The van der Waals surface area contributed by atoms with Crippen molar-refractivity contribution in [3.05, 3.63) is 35.6 Å². The van der Waals surface area contributed by atoms with Gasteiger partial charge in [0.05, 0.1) is 5.92 Å². The highest BCUT2D eigenvalue weighted by Crippen LogP contribution is 2.26. The average molecular weight is 388 g/mol. The van der Waals surface area contributed by atoms with E-state index >= 15 is 0 Å². The molecule has 6 nitrogen and oxygen atoms in total. The third-order valence-corrected chi connectivity index (χ3v) is 6.31. The molecular weight excluding hydrogens is 359 g/mol. The van der Waals surface area contributed by atoms with E-state index in [9.17, 15) is 14.0 Å². The van der Waals surface area contributed by atoms with Gasteiger partial charge in [0.25, 0.3) is 0 Å². The lowest BCUT2D eigenvalue weighted by atomic mass is 9.91. The second kappa shape index (κ2) is 8.47. The Morgan fingerprint density at radius 3 is 2.39 bits per heavy atom. The van der Waals surface area contributed by atoms with Crippen LogP contribution >= 0.6 is 0 Å². The number of nitrogens with zero attached hydrogens (tertiary/aromatic N) is 3. The van der Waals surface area contributed by atoms with Crippen molar-refractivity contribution >= 4 is 11.9 Å². The third kappa shape index (κ3) is 4.29. The summed E-state index contributed by atoms with van der Waals surface area (Å²) in [6.45, 7) is 5.03. The van der Waals surface area contributed by atoms with Crippen molar-refractivity contribution in [1.82, 2.24) is 20.0 Å². The minimum Gasteiger partial charge on any atom is -0.341 e. The van der Waals surface area contributed by atoms with Crippen molar-refractivity contribution in [3.63, 3.8) is 0 Å². The van der Waals surface area contributed by atoms with Gasteiger partial charge in [-0.1, -0.05) is 18.6 Å². The highest BCUT2D eigenvalue weighted by atomic mass is 19.1. The minimum absolute atomic E-state index is 0.0770. The molecule has 1 N–H and O–H groups in total. The van der Waals surface area contributed by atoms with E-state index in [1.165, 1.54) is 31.4 Å². The fourth-order valence-electron chi connectivity index (χ4n) is 4.23. The van der Waals surface area contributed by atoms with Gasteiger partial charge in [-0.2, -0.15) is 0 Å². The van der Waals surface area contributed by atoms with Crippen LogP contribution in [0.3, 0.4) is 0 Å². The van der Waals surface area contributed by atoms with E-state index in [2.05, 4.69) is 10.2 Å². The van der Waals surface area contributed by atoms with Crippen molar-refractivity contribution in [2.45, 2.75) is 38.3 Å². The van der Waals surface area contributed by atoms with Crippen molar-refractivity contribution in [1.29, 1.82) is 0 Å². The van der Waals surface area contributed by atoms with Crippen molar-refractivity contribution in [2.24, 2.45) is 5.92 Å². The van der Waals surface area contributed by atoms with Crippen molar-refractivity contribution in [2.75, 3.05) is 39.3 Å². The number of benzene rings is 1. The standard InChI is InChI=1S/C21H29FN4O2/c22-18-7-5-16(6-8-18)13-23-21(28)26-14-17(15-26)20(27)25-10-2-9-24(11-12-25)19-3-1-4-19/h5-8,17,19H,1-4,9-15H2,(H,23,28). The first-order valence-corrected chi connectivity index (χ1v) is 10.4. The molecule has 2 saturated heterocycles. The van der Waals surface area contributed by atoms with Gasteiger partial charge in [0.15, 0.2) is 0 Å². The Kier molecular flexibility index (Phi) is 5.80. The summed E-state index contributed by atoms with van der Waals surface area (Å²) >= 11 is 0. The smallest absolute Gasteiger partial charge is 0.317 e. The molecule has 1 aromatic carbocycles. The van der Waals surface area contributed by atoms with Crippen molar-refractivity contribution < 1.29 is 14.0 Å². The van der Waals surface area contributed by atoms with Gasteiger partial charge in [-0.3, -0.25) is 9.69 Å². The van der Waals surface area contributed by atoms with Crippen LogP contribution in [0.5, 0.6) is 0 Å². The van der Waals surface area contributed by atoms with Gasteiger partial charge in [0.2, 0.25) is 5.91 Å². The van der Waals surface area contributed by atoms with E-state index in [0.29, 0.717) is 19.6 Å². The number of rotatable bonds is 4. The number of urea groups is 1. The highest BCUT2D eigenvalue weighted by Gasteiger charge is 2.38. The summed E-state index contributed by atoms with van der Waals surface area (Å²) in [4.78, 5) is 31.2. The molecule has 1 aromatic rings. The molecule has 0 radical (unpaired) electrons. The van der Waals surface area contributed by atoms with Crippen LogP contribution in [0.25, 0.3) is 0 Å². The second-order valence-corrected chi connectivity index (χ2v) is 8.19. The Labute approximate surface area is 165 Å². The first-order valence-electron chi connectivity index (χ1n) is 10.4. The number of likely N-dealkylation sites (tertiary alicyclic amines) is 1. The number of hydrogen-bond donors (Lipinski definition) is 1. The Hall–Kier alpha value is -2.15. The largest absolute Gasteiger partial charge is 0.341 e. The second-order valence-electron chi connectivity index (χ2n) is 8.19. The lowest BCUT2D eigenvalue weighted by molar-refractivity contribution is -0.139. The molecule has 1 aliphatic carbocycles. The zero-order valence-corrected chi connectivity index (χ0v) is 16.3. The number of amides is 3. The van der Waals surface area contributed by atoms with E-state index in [4.69, 9.17) is 0 Å². The van der Waals surface area contributed by atoms with E-state index < -0.39 is 0 Å². The van der Waals surface area contributed by atoms with Gasteiger partial charge in [0.1, 0.15) is 5.82 Å². The molecule has 0 spiro atoms. The zero-order valence-electron chi connectivity index (χ0n) is 16.3. The molecule has 0 unspecified atom stereocenters. The van der Waals surface area contributed by atoms with Gasteiger partial charge >= 0.3 is 6.03 Å². The van der Waals surface area contributed by atoms with Gasteiger partial charge in [0, 0.05) is 51.9 Å². The summed E-state index contributed by atoms with van der Waals surface area (Å²) in [6.07, 6.45) is 4.99. The van der Waals surface area contributed by atoms with Crippen LogP contribution in [-0.2, 0) is 11.3 Å². The number of nitrogens with one attached hydrogen (secondary N) is 1. The maximum atomic E-state index is 12.9. The zero-order chi connectivity index (χ0) is 19.5.